The highest BCUT2D eigenvalue weighted by atomic mass is 35.5. The number of alkyl halides is 3. The minimum atomic E-state index is -4.74. The Morgan fingerprint density at radius 3 is 2.57 bits per heavy atom. The van der Waals surface area contributed by atoms with E-state index < -0.39 is 42.4 Å². The summed E-state index contributed by atoms with van der Waals surface area (Å²) in [6, 6.07) is 10.1. The molecule has 7 nitrogen and oxygen atoms in total. The van der Waals surface area contributed by atoms with Crippen LogP contribution >= 0.6 is 23.4 Å². The summed E-state index contributed by atoms with van der Waals surface area (Å²) in [5.74, 6) is -0.806. The second kappa shape index (κ2) is 11.9. The zero-order valence-electron chi connectivity index (χ0n) is 23.3. The van der Waals surface area contributed by atoms with E-state index in [1.807, 2.05) is 43.3 Å². The second-order valence-corrected chi connectivity index (χ2v) is 11.9. The van der Waals surface area contributed by atoms with Gasteiger partial charge in [0.2, 0.25) is 5.43 Å². The molecule has 5 rings (SSSR count). The van der Waals surface area contributed by atoms with Gasteiger partial charge in [-0.1, -0.05) is 55.3 Å². The van der Waals surface area contributed by atoms with Crippen molar-refractivity contribution < 1.29 is 27.8 Å². The highest BCUT2D eigenvalue weighted by molar-refractivity contribution is 7.98. The van der Waals surface area contributed by atoms with Gasteiger partial charge in [-0.15, -0.1) is 11.8 Å². The number of thioether (sulfide) groups is 1. The molecule has 42 heavy (non-hydrogen) atoms. The van der Waals surface area contributed by atoms with E-state index >= 15 is 0 Å². The fraction of sp³-hybridized carbons (Fsp3) is 0.400. The predicted octanol–water partition coefficient (Wildman–Crippen LogP) is 6.43. The van der Waals surface area contributed by atoms with E-state index in [0.29, 0.717) is 27.7 Å². The molecule has 0 bridgehead atoms. The van der Waals surface area contributed by atoms with E-state index in [1.165, 1.54) is 17.8 Å². The Labute approximate surface area is 250 Å². The van der Waals surface area contributed by atoms with Crippen LogP contribution in [0.15, 0.2) is 58.4 Å². The Bertz CT molecular complexity index is 1560. The number of hydrogen-bond acceptors (Lipinski definition) is 6. The molecule has 1 unspecified atom stereocenters. The maximum atomic E-state index is 14.2. The summed E-state index contributed by atoms with van der Waals surface area (Å²) < 4.78 is 49.8. The van der Waals surface area contributed by atoms with Crippen LogP contribution in [0.5, 0.6) is 5.75 Å². The minimum Gasteiger partial charge on any atom is -0.487 e. The van der Waals surface area contributed by atoms with Gasteiger partial charge in [0.15, 0.2) is 11.4 Å². The number of benzene rings is 2. The largest absolute Gasteiger partial charge is 0.487 e. The minimum absolute atomic E-state index is 0.0453. The van der Waals surface area contributed by atoms with Crippen LogP contribution in [0.4, 0.5) is 13.2 Å². The lowest BCUT2D eigenvalue weighted by molar-refractivity contribution is -0.173. The van der Waals surface area contributed by atoms with Crippen LogP contribution < -0.4 is 15.2 Å². The van der Waals surface area contributed by atoms with E-state index in [4.69, 9.17) is 16.3 Å². The van der Waals surface area contributed by atoms with Gasteiger partial charge in [-0.25, -0.2) is 0 Å². The Hall–Kier alpha value is -3.15. The molecule has 1 aromatic heterocycles. The average molecular weight is 622 g/mol. The number of amides is 1. The summed E-state index contributed by atoms with van der Waals surface area (Å²) in [5, 5.41) is 12.6. The van der Waals surface area contributed by atoms with Crippen molar-refractivity contribution in [3.8, 4) is 5.75 Å². The number of aromatic nitrogens is 1. The number of hydrogen-bond donors (Lipinski definition) is 1. The van der Waals surface area contributed by atoms with Gasteiger partial charge in [-0.05, 0) is 43.5 Å². The summed E-state index contributed by atoms with van der Waals surface area (Å²) in [4.78, 5) is 29.1. The van der Waals surface area contributed by atoms with Gasteiger partial charge in [0, 0.05) is 33.0 Å². The maximum Gasteiger partial charge on any atom is 0.408 e. The molecule has 0 fully saturated rings. The number of aliphatic hydroxyl groups is 1. The lowest BCUT2D eigenvalue weighted by Crippen LogP contribution is -2.60. The van der Waals surface area contributed by atoms with Crippen LogP contribution in [-0.4, -0.2) is 46.1 Å². The van der Waals surface area contributed by atoms with Crippen molar-refractivity contribution in [3.63, 3.8) is 0 Å². The number of halogens is 4. The molecule has 224 valence electrons. The molecule has 2 aliphatic heterocycles. The van der Waals surface area contributed by atoms with E-state index in [9.17, 15) is 27.9 Å². The normalized spacial score (nSPS) is 18.1. The van der Waals surface area contributed by atoms with Crippen LogP contribution in [0, 0.1) is 0 Å². The standard InChI is InChI=1S/C30H31ClF3N3O4S/c1-4-5-13-41-28-26-29(40)35(18(3)30(32,33)34)16-37(36(26)14-21(17(2)38)27(28)39)25-20-10-6-7-12-23(20)42-15-19-9-8-11-22(31)24(19)25/h6-12,14,17-18,25,38H,4-5,13,15-16H2,1-3H3/t17?,18-,25-/m1/s1. The summed E-state index contributed by atoms with van der Waals surface area (Å²) >= 11 is 8.40. The van der Waals surface area contributed by atoms with Crippen LogP contribution in [0.1, 0.15) is 78.5 Å². The van der Waals surface area contributed by atoms with E-state index in [-0.39, 0.29) is 23.6 Å². The fourth-order valence-corrected chi connectivity index (χ4v) is 6.70. The highest BCUT2D eigenvalue weighted by Gasteiger charge is 2.48. The van der Waals surface area contributed by atoms with Gasteiger partial charge >= 0.3 is 6.18 Å². The quantitative estimate of drug-likeness (QED) is 0.307. The summed E-state index contributed by atoms with van der Waals surface area (Å²) in [6.07, 6.45) is -3.36. The summed E-state index contributed by atoms with van der Waals surface area (Å²) in [7, 11) is 0. The van der Waals surface area contributed by atoms with Gasteiger partial charge in [0.25, 0.3) is 5.91 Å². The molecule has 0 saturated heterocycles. The summed E-state index contributed by atoms with van der Waals surface area (Å²) in [5.41, 5.74) is 1.24. The first kappa shape index (κ1) is 30.3. The van der Waals surface area contributed by atoms with Gasteiger partial charge in [0.05, 0.1) is 12.7 Å². The third-order valence-corrected chi connectivity index (χ3v) is 9.13. The van der Waals surface area contributed by atoms with Crippen LogP contribution in [0.3, 0.4) is 0 Å². The van der Waals surface area contributed by atoms with E-state index in [0.717, 1.165) is 29.4 Å². The van der Waals surface area contributed by atoms with Crippen molar-refractivity contribution in [2.45, 2.75) is 68.6 Å². The van der Waals surface area contributed by atoms with Crippen LogP contribution in [0.2, 0.25) is 5.02 Å². The third kappa shape index (κ3) is 5.38. The SMILES string of the molecule is CCCCOc1c2n(cc(C(C)O)c1=O)N([C@@H]1c3ccccc3SCc3cccc(Cl)c31)CN([C@H](C)C(F)(F)F)C2=O. The molecular weight excluding hydrogens is 591 g/mol. The highest BCUT2D eigenvalue weighted by Crippen LogP contribution is 2.46. The van der Waals surface area contributed by atoms with E-state index in [2.05, 4.69) is 0 Å². The van der Waals surface area contributed by atoms with Crippen molar-refractivity contribution in [2.75, 3.05) is 18.3 Å². The fourth-order valence-electron chi connectivity index (χ4n) is 5.32. The Kier molecular flexibility index (Phi) is 8.55. The molecule has 3 heterocycles. The lowest BCUT2D eigenvalue weighted by atomic mass is 9.94. The molecule has 0 saturated carbocycles. The number of carbonyl (C=O) groups is 1. The number of unbranched alkanes of at least 4 members (excludes halogenated alkanes) is 1. The number of pyridine rings is 1. The maximum absolute atomic E-state index is 14.2. The zero-order valence-corrected chi connectivity index (χ0v) is 24.9. The molecule has 0 spiro atoms. The number of rotatable bonds is 7. The number of ether oxygens (including phenoxy) is 1. The Balaban J connectivity index is 1.84. The molecule has 3 aromatic rings. The molecule has 2 aliphatic rings. The molecular formula is C30H31ClF3N3O4S. The first-order valence-corrected chi connectivity index (χ1v) is 15.1. The molecule has 12 heteroatoms. The monoisotopic (exact) mass is 621 g/mol. The molecule has 0 radical (unpaired) electrons. The number of fused-ring (bicyclic) bond motifs is 3. The lowest BCUT2D eigenvalue weighted by Gasteiger charge is -2.46. The van der Waals surface area contributed by atoms with Crippen molar-refractivity contribution in [2.24, 2.45) is 0 Å². The van der Waals surface area contributed by atoms with Gasteiger partial charge in [-0.2, -0.15) is 13.2 Å². The zero-order chi connectivity index (χ0) is 30.3. The number of nitrogens with zero attached hydrogens (tertiary/aromatic N) is 3. The topological polar surface area (TPSA) is 75.0 Å². The first-order valence-electron chi connectivity index (χ1n) is 13.7. The van der Waals surface area contributed by atoms with Gasteiger partial charge < -0.3 is 14.7 Å². The molecule has 2 aromatic carbocycles. The third-order valence-electron chi connectivity index (χ3n) is 7.66. The van der Waals surface area contributed by atoms with Crippen molar-refractivity contribution in [1.29, 1.82) is 0 Å². The van der Waals surface area contributed by atoms with Crippen molar-refractivity contribution >= 4 is 29.3 Å². The Morgan fingerprint density at radius 1 is 1.14 bits per heavy atom. The van der Waals surface area contributed by atoms with Crippen molar-refractivity contribution in [3.05, 3.63) is 91.9 Å². The van der Waals surface area contributed by atoms with Crippen LogP contribution in [-0.2, 0) is 5.75 Å². The number of carbonyl (C=O) groups excluding carboxylic acids is 1. The molecule has 0 aliphatic carbocycles. The van der Waals surface area contributed by atoms with Crippen LogP contribution in [0.25, 0.3) is 0 Å². The van der Waals surface area contributed by atoms with E-state index in [1.54, 1.807) is 22.8 Å². The smallest absolute Gasteiger partial charge is 0.408 e. The average Bonchev–Trinajstić information content (AvgIpc) is 3.11. The Morgan fingerprint density at radius 2 is 1.88 bits per heavy atom. The molecule has 3 atom stereocenters. The van der Waals surface area contributed by atoms with Gasteiger partial charge in [-0.3, -0.25) is 19.3 Å². The van der Waals surface area contributed by atoms with Crippen molar-refractivity contribution in [1.82, 2.24) is 9.58 Å². The first-order chi connectivity index (χ1) is 20.0. The molecule has 1 amide bonds. The second-order valence-electron chi connectivity index (χ2n) is 10.4. The molecule has 1 N–H and O–H groups in total. The number of aliphatic hydroxyl groups excluding tert-OH is 1. The predicted molar refractivity (Wildman–Crippen MR) is 156 cm³/mol. The van der Waals surface area contributed by atoms with Gasteiger partial charge in [0.1, 0.15) is 18.8 Å². The summed E-state index contributed by atoms with van der Waals surface area (Å²) in [6.45, 7) is 3.85.